The molecule has 1 aliphatic carbocycles. The molecule has 5 nitrogen and oxygen atoms in total. The largest absolute Gasteiger partial charge is 0.354 e. The second-order valence-corrected chi connectivity index (χ2v) is 7.00. The Morgan fingerprint density at radius 3 is 2.76 bits per heavy atom. The van der Waals surface area contributed by atoms with Crippen molar-refractivity contribution in [3.63, 3.8) is 0 Å². The maximum atomic E-state index is 12.7. The smallest absolute Gasteiger partial charge is 0.239 e. The lowest BCUT2D eigenvalue weighted by Crippen LogP contribution is -2.50. The van der Waals surface area contributed by atoms with E-state index in [4.69, 9.17) is 0 Å². The first-order valence-corrected chi connectivity index (χ1v) is 9.00. The molecule has 2 atom stereocenters. The van der Waals surface area contributed by atoms with Gasteiger partial charge in [0.2, 0.25) is 11.8 Å². The number of carbonyl (C=O) groups excluding carboxylic acids is 2. The van der Waals surface area contributed by atoms with Gasteiger partial charge in [-0.1, -0.05) is 43.2 Å². The van der Waals surface area contributed by atoms with Gasteiger partial charge < -0.3 is 16.0 Å². The van der Waals surface area contributed by atoms with Crippen LogP contribution in [0.1, 0.15) is 31.2 Å². The average Bonchev–Trinajstić information content (AvgIpc) is 3.06. The van der Waals surface area contributed by atoms with Crippen LogP contribution in [0.25, 0.3) is 0 Å². The number of benzene rings is 1. The fourth-order valence-corrected chi connectivity index (χ4v) is 4.08. The average molecular weight is 366 g/mol. The summed E-state index contributed by atoms with van der Waals surface area (Å²) in [6.45, 7) is 2.34. The first-order valence-electron chi connectivity index (χ1n) is 9.00. The molecule has 3 rings (SSSR count). The molecule has 0 radical (unpaired) electrons. The van der Waals surface area contributed by atoms with E-state index in [9.17, 15) is 9.59 Å². The molecular weight excluding hydrogens is 338 g/mol. The van der Waals surface area contributed by atoms with E-state index in [1.54, 1.807) is 0 Å². The van der Waals surface area contributed by atoms with Gasteiger partial charge in [0.05, 0.1) is 12.0 Å². The molecule has 138 valence electrons. The van der Waals surface area contributed by atoms with Gasteiger partial charge in [-0.2, -0.15) is 0 Å². The molecule has 3 N–H and O–H groups in total. The number of hydrogen-bond acceptors (Lipinski definition) is 3. The fraction of sp³-hybridized carbons (Fsp3) is 0.579. The van der Waals surface area contributed by atoms with Crippen molar-refractivity contribution >= 4 is 24.2 Å². The Morgan fingerprint density at radius 1 is 1.16 bits per heavy atom. The Morgan fingerprint density at radius 2 is 1.96 bits per heavy atom. The number of fused-ring (bicyclic) bond motifs is 1. The third-order valence-electron chi connectivity index (χ3n) is 5.48. The monoisotopic (exact) mass is 365 g/mol. The van der Waals surface area contributed by atoms with E-state index in [2.05, 4.69) is 16.0 Å². The number of halogens is 1. The van der Waals surface area contributed by atoms with Crippen molar-refractivity contribution in [1.29, 1.82) is 0 Å². The molecule has 0 bridgehead atoms. The summed E-state index contributed by atoms with van der Waals surface area (Å²) >= 11 is 0. The normalized spacial score (nSPS) is 24.7. The molecule has 1 heterocycles. The molecule has 2 amide bonds. The fourth-order valence-electron chi connectivity index (χ4n) is 4.08. The number of amides is 2. The minimum atomic E-state index is -0.289. The van der Waals surface area contributed by atoms with Gasteiger partial charge in [-0.25, -0.2) is 0 Å². The highest BCUT2D eigenvalue weighted by atomic mass is 35.5. The van der Waals surface area contributed by atoms with Crippen LogP contribution < -0.4 is 16.0 Å². The van der Waals surface area contributed by atoms with E-state index in [1.165, 1.54) is 12.0 Å². The van der Waals surface area contributed by atoms with Crippen LogP contribution in [0.15, 0.2) is 30.3 Å². The molecule has 1 aromatic rings. The summed E-state index contributed by atoms with van der Waals surface area (Å²) in [7, 11) is 0. The second kappa shape index (κ2) is 9.20. The predicted molar refractivity (Wildman–Crippen MR) is 101 cm³/mol. The second-order valence-electron chi connectivity index (χ2n) is 7.00. The zero-order chi connectivity index (χ0) is 16.8. The number of carbonyl (C=O) groups is 2. The van der Waals surface area contributed by atoms with E-state index >= 15 is 0 Å². The van der Waals surface area contributed by atoms with Crippen LogP contribution in [0, 0.1) is 11.3 Å². The van der Waals surface area contributed by atoms with E-state index in [0.717, 1.165) is 38.8 Å². The van der Waals surface area contributed by atoms with E-state index in [0.29, 0.717) is 12.5 Å². The molecule has 25 heavy (non-hydrogen) atoms. The molecule has 2 fully saturated rings. The zero-order valence-electron chi connectivity index (χ0n) is 14.6. The molecule has 0 aromatic heterocycles. The quantitative estimate of drug-likeness (QED) is 0.718. The molecule has 0 unspecified atom stereocenters. The van der Waals surface area contributed by atoms with Gasteiger partial charge >= 0.3 is 0 Å². The summed E-state index contributed by atoms with van der Waals surface area (Å²) in [5.74, 6) is 0.358. The lowest BCUT2D eigenvalue weighted by Gasteiger charge is -2.37. The van der Waals surface area contributed by atoms with Crippen molar-refractivity contribution in [2.24, 2.45) is 11.3 Å². The van der Waals surface area contributed by atoms with Crippen LogP contribution in [0.5, 0.6) is 0 Å². The van der Waals surface area contributed by atoms with E-state index < -0.39 is 0 Å². The molecular formula is C19H28ClN3O2. The van der Waals surface area contributed by atoms with Gasteiger partial charge in [0.25, 0.3) is 0 Å². The molecule has 6 heteroatoms. The number of hydrogen-bond donors (Lipinski definition) is 3. The van der Waals surface area contributed by atoms with Crippen LogP contribution in [0.3, 0.4) is 0 Å². The van der Waals surface area contributed by atoms with Crippen molar-refractivity contribution in [2.75, 3.05) is 26.2 Å². The maximum absolute atomic E-state index is 12.7. The lowest BCUT2D eigenvalue weighted by molar-refractivity contribution is -0.135. The van der Waals surface area contributed by atoms with Gasteiger partial charge in [0, 0.05) is 13.1 Å². The predicted octanol–water partition coefficient (Wildman–Crippen LogP) is 1.66. The topological polar surface area (TPSA) is 70.2 Å². The standard InChI is InChI=1S/C19H27N3O2.ClH/c23-17(21-11-9-15-6-2-1-3-7-15)13-22-18(24)19-10-5-4-8-16(19)12-20-14-19;/h1-3,6-7,16,20H,4-5,8-14H2,(H,21,23)(H,22,24);1H/t16-,19+;/m0./s1. The third kappa shape index (κ3) is 4.73. The summed E-state index contributed by atoms with van der Waals surface area (Å²) in [5.41, 5.74) is 0.908. The van der Waals surface area contributed by atoms with Gasteiger partial charge in [-0.3, -0.25) is 9.59 Å². The Hall–Kier alpha value is -1.59. The van der Waals surface area contributed by atoms with Crippen LogP contribution in [-0.4, -0.2) is 38.0 Å². The highest BCUT2D eigenvalue weighted by molar-refractivity contribution is 5.88. The number of rotatable bonds is 6. The van der Waals surface area contributed by atoms with E-state index in [1.807, 2.05) is 30.3 Å². The van der Waals surface area contributed by atoms with E-state index in [-0.39, 0.29) is 36.2 Å². The van der Waals surface area contributed by atoms with Crippen molar-refractivity contribution < 1.29 is 9.59 Å². The zero-order valence-corrected chi connectivity index (χ0v) is 15.4. The lowest BCUT2D eigenvalue weighted by atomic mass is 9.67. The van der Waals surface area contributed by atoms with Crippen LogP contribution >= 0.6 is 12.4 Å². The molecule has 1 aromatic carbocycles. The molecule has 2 aliphatic rings. The highest BCUT2D eigenvalue weighted by Gasteiger charge is 2.49. The van der Waals surface area contributed by atoms with Gasteiger partial charge in [0.15, 0.2) is 0 Å². The maximum Gasteiger partial charge on any atom is 0.239 e. The van der Waals surface area contributed by atoms with Gasteiger partial charge in [0.1, 0.15) is 0 Å². The third-order valence-corrected chi connectivity index (χ3v) is 5.48. The minimum Gasteiger partial charge on any atom is -0.354 e. The van der Waals surface area contributed by atoms with Gasteiger partial charge in [-0.05, 0) is 37.3 Å². The van der Waals surface area contributed by atoms with Gasteiger partial charge in [-0.15, -0.1) is 12.4 Å². The van der Waals surface area contributed by atoms with Crippen molar-refractivity contribution in [3.8, 4) is 0 Å². The minimum absolute atomic E-state index is 0. The summed E-state index contributed by atoms with van der Waals surface area (Å²) in [4.78, 5) is 24.6. The summed E-state index contributed by atoms with van der Waals surface area (Å²) < 4.78 is 0. The molecule has 1 saturated carbocycles. The Labute approximate surface area is 155 Å². The summed E-state index contributed by atoms with van der Waals surface area (Å²) in [5, 5.41) is 9.11. The SMILES string of the molecule is Cl.O=C(CNC(=O)[C@@]12CCCC[C@H]1CNC2)NCCc1ccccc1. The Balaban J connectivity index is 0.00000225. The Kier molecular flexibility index (Phi) is 7.26. The first-order chi connectivity index (χ1) is 11.7. The highest BCUT2D eigenvalue weighted by Crippen LogP contribution is 2.43. The Bertz CT molecular complexity index is 581. The summed E-state index contributed by atoms with van der Waals surface area (Å²) in [6.07, 6.45) is 5.17. The first kappa shape index (κ1) is 19.7. The van der Waals surface area contributed by atoms with Crippen molar-refractivity contribution in [3.05, 3.63) is 35.9 Å². The van der Waals surface area contributed by atoms with Crippen molar-refractivity contribution in [2.45, 2.75) is 32.1 Å². The van der Waals surface area contributed by atoms with Crippen LogP contribution in [-0.2, 0) is 16.0 Å². The summed E-state index contributed by atoms with van der Waals surface area (Å²) in [6, 6.07) is 10.1. The van der Waals surface area contributed by atoms with Crippen LogP contribution in [0.2, 0.25) is 0 Å². The molecule has 1 saturated heterocycles. The van der Waals surface area contributed by atoms with Crippen molar-refractivity contribution in [1.82, 2.24) is 16.0 Å². The number of nitrogens with one attached hydrogen (secondary N) is 3. The molecule has 1 aliphatic heterocycles. The van der Waals surface area contributed by atoms with Crippen LogP contribution in [0.4, 0.5) is 0 Å². The molecule has 0 spiro atoms.